The molecule has 0 unspecified atom stereocenters. The van der Waals surface area contributed by atoms with E-state index in [0.29, 0.717) is 6.10 Å². The van der Waals surface area contributed by atoms with Crippen molar-refractivity contribution in [1.29, 1.82) is 0 Å². The number of hydrogen-bond donors (Lipinski definition) is 0. The Bertz CT molecular complexity index is 262. The molecule has 0 amide bonds. The molecule has 0 aliphatic heterocycles. The number of hydrogen-bond acceptors (Lipinski definition) is 1. The van der Waals surface area contributed by atoms with Gasteiger partial charge in [-0.05, 0) is 44.1 Å². The molecule has 0 N–H and O–H groups in total. The summed E-state index contributed by atoms with van der Waals surface area (Å²) < 4.78 is 5.87. The van der Waals surface area contributed by atoms with E-state index in [4.69, 9.17) is 4.74 Å². The van der Waals surface area contributed by atoms with E-state index in [0.717, 1.165) is 13.0 Å². The summed E-state index contributed by atoms with van der Waals surface area (Å²) in [5.41, 5.74) is 1.37. The second kappa shape index (κ2) is 5.92. The summed E-state index contributed by atoms with van der Waals surface area (Å²) in [6.45, 7) is 0.870. The van der Waals surface area contributed by atoms with Gasteiger partial charge in [-0.3, -0.25) is 0 Å². The van der Waals surface area contributed by atoms with Crippen molar-refractivity contribution in [2.24, 2.45) is 0 Å². The van der Waals surface area contributed by atoms with E-state index in [1.54, 1.807) is 0 Å². The monoisotopic (exact) mass is 203 g/mol. The maximum absolute atomic E-state index is 5.87. The van der Waals surface area contributed by atoms with Gasteiger partial charge in [0.1, 0.15) is 0 Å². The normalized spacial score (nSPS) is 17.9. The van der Waals surface area contributed by atoms with Crippen LogP contribution in [0.2, 0.25) is 0 Å². The molecule has 1 heteroatoms. The Balaban J connectivity index is 1.66. The molecule has 0 heterocycles. The van der Waals surface area contributed by atoms with Crippen molar-refractivity contribution < 1.29 is 4.74 Å². The second-order valence-electron chi connectivity index (χ2n) is 4.17. The molecule has 1 aliphatic rings. The fourth-order valence-corrected chi connectivity index (χ4v) is 2.05. The quantitative estimate of drug-likeness (QED) is 0.728. The average Bonchev–Trinajstić information content (AvgIpc) is 2.32. The Morgan fingerprint density at radius 3 is 2.53 bits per heavy atom. The van der Waals surface area contributed by atoms with Gasteiger partial charge in [0.15, 0.2) is 0 Å². The Morgan fingerprint density at radius 1 is 1.07 bits per heavy atom. The average molecular weight is 203 g/mol. The SMILES string of the molecule is [CH]1CCC(OCCc2ccccc2)CC1. The van der Waals surface area contributed by atoms with E-state index in [1.807, 2.05) is 0 Å². The predicted molar refractivity (Wildman–Crippen MR) is 62.7 cm³/mol. The molecule has 1 radical (unpaired) electrons. The van der Waals surface area contributed by atoms with Crippen LogP contribution in [0.1, 0.15) is 31.2 Å². The molecule has 1 saturated carbocycles. The lowest BCUT2D eigenvalue weighted by Gasteiger charge is -2.21. The van der Waals surface area contributed by atoms with Crippen LogP contribution >= 0.6 is 0 Å². The summed E-state index contributed by atoms with van der Waals surface area (Å²) in [5, 5.41) is 0. The van der Waals surface area contributed by atoms with Crippen molar-refractivity contribution >= 4 is 0 Å². The Kier molecular flexibility index (Phi) is 4.22. The van der Waals surface area contributed by atoms with E-state index in [-0.39, 0.29) is 0 Å². The fraction of sp³-hybridized carbons (Fsp3) is 0.500. The van der Waals surface area contributed by atoms with Crippen molar-refractivity contribution in [3.05, 3.63) is 42.3 Å². The van der Waals surface area contributed by atoms with Crippen LogP contribution in [-0.2, 0) is 11.2 Å². The number of rotatable bonds is 4. The molecule has 0 atom stereocenters. The van der Waals surface area contributed by atoms with Crippen LogP contribution in [-0.4, -0.2) is 12.7 Å². The zero-order valence-electron chi connectivity index (χ0n) is 9.19. The molecule has 1 fully saturated rings. The largest absolute Gasteiger partial charge is 0.378 e. The molecule has 1 aliphatic carbocycles. The molecule has 1 nitrogen and oxygen atoms in total. The van der Waals surface area contributed by atoms with Gasteiger partial charge < -0.3 is 4.74 Å². The van der Waals surface area contributed by atoms with Crippen LogP contribution in [0, 0.1) is 6.42 Å². The van der Waals surface area contributed by atoms with Crippen molar-refractivity contribution in [3.63, 3.8) is 0 Å². The van der Waals surface area contributed by atoms with Crippen LogP contribution in [0.3, 0.4) is 0 Å². The van der Waals surface area contributed by atoms with Gasteiger partial charge in [0, 0.05) is 0 Å². The number of benzene rings is 1. The van der Waals surface area contributed by atoms with Crippen molar-refractivity contribution in [2.45, 2.75) is 38.2 Å². The summed E-state index contributed by atoms with van der Waals surface area (Å²) >= 11 is 0. The first-order chi connectivity index (χ1) is 7.45. The van der Waals surface area contributed by atoms with Crippen molar-refractivity contribution in [3.8, 4) is 0 Å². The Morgan fingerprint density at radius 2 is 1.80 bits per heavy atom. The molecule has 1 aromatic carbocycles. The third kappa shape index (κ3) is 3.67. The van der Waals surface area contributed by atoms with Gasteiger partial charge in [-0.1, -0.05) is 30.3 Å². The van der Waals surface area contributed by atoms with E-state index < -0.39 is 0 Å². The molecule has 0 bridgehead atoms. The van der Waals surface area contributed by atoms with Crippen molar-refractivity contribution in [2.75, 3.05) is 6.61 Å². The maximum Gasteiger partial charge on any atom is 0.0575 e. The lowest BCUT2D eigenvalue weighted by Crippen LogP contribution is -2.18. The molecule has 2 rings (SSSR count). The molecule has 81 valence electrons. The first kappa shape index (κ1) is 10.7. The lowest BCUT2D eigenvalue weighted by molar-refractivity contribution is 0.0368. The smallest absolute Gasteiger partial charge is 0.0575 e. The molecule has 15 heavy (non-hydrogen) atoms. The summed E-state index contributed by atoms with van der Waals surface area (Å²) in [5.74, 6) is 0. The molecule has 0 spiro atoms. The minimum Gasteiger partial charge on any atom is -0.378 e. The first-order valence-electron chi connectivity index (χ1n) is 5.92. The molecular formula is C14H19O. The topological polar surface area (TPSA) is 9.23 Å². The Hall–Kier alpha value is -0.820. The highest BCUT2D eigenvalue weighted by Gasteiger charge is 2.13. The summed E-state index contributed by atoms with van der Waals surface area (Å²) in [7, 11) is 0. The van der Waals surface area contributed by atoms with Crippen molar-refractivity contribution in [1.82, 2.24) is 0 Å². The van der Waals surface area contributed by atoms with E-state index in [2.05, 4.69) is 36.8 Å². The third-order valence-corrected chi connectivity index (χ3v) is 2.97. The van der Waals surface area contributed by atoms with Gasteiger partial charge in [0.25, 0.3) is 0 Å². The van der Waals surface area contributed by atoms with E-state index in [9.17, 15) is 0 Å². The zero-order valence-corrected chi connectivity index (χ0v) is 9.19. The van der Waals surface area contributed by atoms with Crippen LogP contribution < -0.4 is 0 Å². The maximum atomic E-state index is 5.87. The highest BCUT2D eigenvalue weighted by atomic mass is 16.5. The highest BCUT2D eigenvalue weighted by Crippen LogP contribution is 2.19. The summed E-state index contributed by atoms with van der Waals surface area (Å²) in [6.07, 6.45) is 8.83. The van der Waals surface area contributed by atoms with Gasteiger partial charge in [-0.2, -0.15) is 0 Å². The van der Waals surface area contributed by atoms with Crippen LogP contribution in [0.25, 0.3) is 0 Å². The lowest BCUT2D eigenvalue weighted by atomic mass is 9.98. The van der Waals surface area contributed by atoms with Gasteiger partial charge in [-0.15, -0.1) is 0 Å². The minimum absolute atomic E-state index is 0.513. The highest BCUT2D eigenvalue weighted by molar-refractivity contribution is 5.14. The molecule has 1 aromatic rings. The Labute approximate surface area is 92.5 Å². The van der Waals surface area contributed by atoms with Crippen LogP contribution in [0.5, 0.6) is 0 Å². The second-order valence-corrected chi connectivity index (χ2v) is 4.17. The van der Waals surface area contributed by atoms with Gasteiger partial charge in [-0.25, -0.2) is 0 Å². The predicted octanol–water partition coefficient (Wildman–Crippen LogP) is 3.39. The molecular weight excluding hydrogens is 184 g/mol. The van der Waals surface area contributed by atoms with Gasteiger partial charge in [0.05, 0.1) is 12.7 Å². The third-order valence-electron chi connectivity index (χ3n) is 2.97. The molecule has 0 aromatic heterocycles. The fourth-order valence-electron chi connectivity index (χ4n) is 2.05. The standard InChI is InChI=1S/C14H19O/c1-3-7-13(8-4-1)11-12-15-14-9-5-2-6-10-14/h1-4,7-8,14H,5-6,9-12H2. The van der Waals surface area contributed by atoms with Crippen LogP contribution in [0.15, 0.2) is 30.3 Å². The minimum atomic E-state index is 0.513. The number of ether oxygens (including phenoxy) is 1. The molecule has 0 saturated heterocycles. The first-order valence-corrected chi connectivity index (χ1v) is 5.92. The van der Waals surface area contributed by atoms with Gasteiger partial charge in [0.2, 0.25) is 0 Å². The summed E-state index contributed by atoms with van der Waals surface area (Å²) in [6, 6.07) is 10.6. The van der Waals surface area contributed by atoms with E-state index >= 15 is 0 Å². The summed E-state index contributed by atoms with van der Waals surface area (Å²) in [4.78, 5) is 0. The van der Waals surface area contributed by atoms with E-state index in [1.165, 1.54) is 31.2 Å². The van der Waals surface area contributed by atoms with Crippen LogP contribution in [0.4, 0.5) is 0 Å². The zero-order chi connectivity index (χ0) is 10.3. The van der Waals surface area contributed by atoms with Gasteiger partial charge >= 0.3 is 0 Å².